The van der Waals surface area contributed by atoms with Gasteiger partial charge in [-0.1, -0.05) is 37.3 Å². The summed E-state index contributed by atoms with van der Waals surface area (Å²) in [6.45, 7) is 4.21. The van der Waals surface area contributed by atoms with Gasteiger partial charge < -0.3 is 9.55 Å². The first kappa shape index (κ1) is 11.1. The molecule has 1 N–H and O–H groups in total. The van der Waals surface area contributed by atoms with Gasteiger partial charge in [-0.3, -0.25) is 0 Å². The van der Waals surface area contributed by atoms with Crippen LogP contribution in [0.3, 0.4) is 0 Å². The molecule has 2 rings (SSSR count). The molecule has 0 amide bonds. The Morgan fingerprint density at radius 2 is 2.00 bits per heavy atom. The van der Waals surface area contributed by atoms with E-state index in [9.17, 15) is 0 Å². The maximum absolute atomic E-state index is 5.32. The molecule has 1 aromatic heterocycles. The molecule has 2 aromatic rings. The van der Waals surface area contributed by atoms with Gasteiger partial charge in [-0.2, -0.15) is 0 Å². The van der Waals surface area contributed by atoms with Gasteiger partial charge in [0.1, 0.15) is 0 Å². The van der Waals surface area contributed by atoms with E-state index in [4.69, 9.17) is 12.2 Å². The van der Waals surface area contributed by atoms with Crippen LogP contribution in [-0.4, -0.2) is 9.55 Å². The first-order chi connectivity index (χ1) is 7.72. The molecule has 2 nitrogen and oxygen atoms in total. The number of aromatic amines is 1. The van der Waals surface area contributed by atoms with Crippen LogP contribution >= 0.6 is 12.2 Å². The molecule has 0 radical (unpaired) electrons. The first-order valence-electron chi connectivity index (χ1n) is 5.55. The second kappa shape index (κ2) is 4.66. The van der Waals surface area contributed by atoms with E-state index >= 15 is 0 Å². The summed E-state index contributed by atoms with van der Waals surface area (Å²) in [4.78, 5) is 3.17. The molecule has 0 spiro atoms. The van der Waals surface area contributed by atoms with E-state index in [-0.39, 0.29) is 0 Å². The summed E-state index contributed by atoms with van der Waals surface area (Å²) in [6.07, 6.45) is 3.12. The minimum atomic E-state index is 0.332. The minimum absolute atomic E-state index is 0.332. The number of imidazole rings is 1. The second-order valence-corrected chi connectivity index (χ2v) is 4.37. The molecule has 0 fully saturated rings. The van der Waals surface area contributed by atoms with Gasteiger partial charge in [0.2, 0.25) is 0 Å². The zero-order valence-corrected chi connectivity index (χ0v) is 10.4. The summed E-state index contributed by atoms with van der Waals surface area (Å²) in [5.41, 5.74) is 2.42. The number of aromatic nitrogens is 2. The quantitative estimate of drug-likeness (QED) is 0.797. The number of nitrogens with zero attached hydrogens (tertiary/aromatic N) is 1. The SMILES string of the molecule is CCC(c1ccccc1)n1cc(C)[nH]c1=S. The monoisotopic (exact) mass is 232 g/mol. The van der Waals surface area contributed by atoms with Crippen LogP contribution in [0, 0.1) is 11.7 Å². The lowest BCUT2D eigenvalue weighted by Crippen LogP contribution is -2.08. The van der Waals surface area contributed by atoms with Crippen LogP contribution in [0.15, 0.2) is 36.5 Å². The van der Waals surface area contributed by atoms with Gasteiger partial charge in [-0.05, 0) is 31.1 Å². The summed E-state index contributed by atoms with van der Waals surface area (Å²) in [6, 6.07) is 10.8. The lowest BCUT2D eigenvalue weighted by molar-refractivity contribution is 0.560. The van der Waals surface area contributed by atoms with Gasteiger partial charge in [0.25, 0.3) is 0 Å². The van der Waals surface area contributed by atoms with E-state index in [0.29, 0.717) is 6.04 Å². The van der Waals surface area contributed by atoms with Crippen molar-refractivity contribution in [3.8, 4) is 0 Å². The molecular weight excluding hydrogens is 216 g/mol. The summed E-state index contributed by atoms with van der Waals surface area (Å²) in [7, 11) is 0. The molecule has 0 aliphatic carbocycles. The molecule has 84 valence electrons. The average Bonchev–Trinajstić information content (AvgIpc) is 2.61. The number of H-pyrrole nitrogens is 1. The maximum atomic E-state index is 5.32. The summed E-state index contributed by atoms with van der Waals surface area (Å²) in [5.74, 6) is 0. The lowest BCUT2D eigenvalue weighted by Gasteiger charge is -2.16. The Hall–Kier alpha value is -1.35. The zero-order valence-electron chi connectivity index (χ0n) is 9.60. The number of rotatable bonds is 3. The predicted octanol–water partition coefficient (Wildman–Crippen LogP) is 3.85. The van der Waals surface area contributed by atoms with Gasteiger partial charge in [0, 0.05) is 11.9 Å². The second-order valence-electron chi connectivity index (χ2n) is 3.98. The summed E-state index contributed by atoms with van der Waals surface area (Å²) < 4.78 is 2.94. The Bertz CT molecular complexity index is 510. The van der Waals surface area contributed by atoms with Crippen molar-refractivity contribution in [2.24, 2.45) is 0 Å². The van der Waals surface area contributed by atoms with Gasteiger partial charge >= 0.3 is 0 Å². The fourth-order valence-corrected chi connectivity index (χ4v) is 2.37. The number of benzene rings is 1. The van der Waals surface area contributed by atoms with E-state index in [0.717, 1.165) is 16.9 Å². The van der Waals surface area contributed by atoms with Gasteiger partial charge in [-0.15, -0.1) is 0 Å². The first-order valence-corrected chi connectivity index (χ1v) is 5.96. The summed E-state index contributed by atoms with van der Waals surface area (Å²) in [5, 5.41) is 0. The Balaban J connectivity index is 2.45. The minimum Gasteiger partial charge on any atom is -0.335 e. The van der Waals surface area contributed by atoms with Crippen LogP contribution in [-0.2, 0) is 0 Å². The number of aryl methyl sites for hydroxylation is 1. The normalized spacial score (nSPS) is 12.6. The van der Waals surface area contributed by atoms with Crippen molar-refractivity contribution in [1.82, 2.24) is 9.55 Å². The third-order valence-electron chi connectivity index (χ3n) is 2.78. The fraction of sp³-hybridized carbons (Fsp3) is 0.308. The Kier molecular flexibility index (Phi) is 3.25. The molecule has 0 saturated carbocycles. The van der Waals surface area contributed by atoms with Crippen molar-refractivity contribution in [2.75, 3.05) is 0 Å². The van der Waals surface area contributed by atoms with E-state index in [1.807, 2.05) is 13.0 Å². The molecule has 1 unspecified atom stereocenters. The van der Waals surface area contributed by atoms with Gasteiger partial charge in [0.05, 0.1) is 6.04 Å². The predicted molar refractivity (Wildman–Crippen MR) is 69.2 cm³/mol. The average molecular weight is 232 g/mol. The van der Waals surface area contributed by atoms with Crippen LogP contribution in [0.4, 0.5) is 0 Å². The van der Waals surface area contributed by atoms with E-state index in [1.165, 1.54) is 5.56 Å². The van der Waals surface area contributed by atoms with Crippen molar-refractivity contribution in [3.63, 3.8) is 0 Å². The molecule has 0 bridgehead atoms. The van der Waals surface area contributed by atoms with Crippen LogP contribution in [0.25, 0.3) is 0 Å². The van der Waals surface area contributed by atoms with Gasteiger partial charge in [-0.25, -0.2) is 0 Å². The smallest absolute Gasteiger partial charge is 0.177 e. The van der Waals surface area contributed by atoms with Crippen molar-refractivity contribution in [1.29, 1.82) is 0 Å². The Morgan fingerprint density at radius 3 is 2.50 bits per heavy atom. The molecule has 1 atom stereocenters. The highest BCUT2D eigenvalue weighted by molar-refractivity contribution is 7.71. The molecule has 0 aliphatic heterocycles. The molecular formula is C13H16N2S. The molecule has 1 aromatic carbocycles. The van der Waals surface area contributed by atoms with Crippen molar-refractivity contribution < 1.29 is 0 Å². The largest absolute Gasteiger partial charge is 0.335 e. The highest BCUT2D eigenvalue weighted by atomic mass is 32.1. The highest BCUT2D eigenvalue weighted by Gasteiger charge is 2.11. The fourth-order valence-electron chi connectivity index (χ4n) is 2.03. The zero-order chi connectivity index (χ0) is 11.5. The number of nitrogens with one attached hydrogen (secondary N) is 1. The van der Waals surface area contributed by atoms with E-state index in [2.05, 4.69) is 46.9 Å². The number of hydrogen-bond donors (Lipinski definition) is 1. The molecule has 16 heavy (non-hydrogen) atoms. The van der Waals surface area contributed by atoms with Crippen LogP contribution in [0.2, 0.25) is 0 Å². The standard InChI is InChI=1S/C13H16N2S/c1-3-12(11-7-5-4-6-8-11)15-9-10(2)14-13(15)16/h4-9,12H,3H2,1-2H3,(H,14,16). The van der Waals surface area contributed by atoms with E-state index < -0.39 is 0 Å². The Labute approximate surface area is 101 Å². The van der Waals surface area contributed by atoms with E-state index in [1.54, 1.807) is 0 Å². The Morgan fingerprint density at radius 1 is 1.31 bits per heavy atom. The van der Waals surface area contributed by atoms with Crippen LogP contribution < -0.4 is 0 Å². The molecule has 0 saturated heterocycles. The lowest BCUT2D eigenvalue weighted by atomic mass is 10.0. The summed E-state index contributed by atoms with van der Waals surface area (Å²) >= 11 is 5.32. The highest BCUT2D eigenvalue weighted by Crippen LogP contribution is 2.22. The van der Waals surface area contributed by atoms with Crippen LogP contribution in [0.1, 0.15) is 30.6 Å². The van der Waals surface area contributed by atoms with Crippen molar-refractivity contribution in [3.05, 3.63) is 52.6 Å². The van der Waals surface area contributed by atoms with Crippen LogP contribution in [0.5, 0.6) is 0 Å². The van der Waals surface area contributed by atoms with Crippen molar-refractivity contribution >= 4 is 12.2 Å². The maximum Gasteiger partial charge on any atom is 0.177 e. The topological polar surface area (TPSA) is 20.7 Å². The molecule has 0 aliphatic rings. The number of hydrogen-bond acceptors (Lipinski definition) is 1. The van der Waals surface area contributed by atoms with Crippen molar-refractivity contribution in [2.45, 2.75) is 26.3 Å². The third kappa shape index (κ3) is 2.09. The molecule has 1 heterocycles. The molecule has 3 heteroatoms. The van der Waals surface area contributed by atoms with Gasteiger partial charge in [0.15, 0.2) is 4.77 Å². The third-order valence-corrected chi connectivity index (χ3v) is 3.09.